The Hall–Kier alpha value is -2.61. The second-order valence-electron chi connectivity index (χ2n) is 8.98. The van der Waals surface area contributed by atoms with Crippen molar-refractivity contribution < 1.29 is 24.2 Å². The number of benzene rings is 2. The normalized spacial score (nSPS) is 27.2. The van der Waals surface area contributed by atoms with Gasteiger partial charge in [0.05, 0.1) is 5.69 Å². The molecule has 7 nitrogen and oxygen atoms in total. The van der Waals surface area contributed by atoms with Gasteiger partial charge in [-0.1, -0.05) is 36.4 Å². The molecule has 0 aliphatic carbocycles. The smallest absolute Gasteiger partial charge is 0.411 e. The molecule has 3 heterocycles. The number of carbonyl (C=O) groups is 2. The van der Waals surface area contributed by atoms with Crippen molar-refractivity contribution in [2.24, 2.45) is 0 Å². The minimum atomic E-state index is -0.791. The number of hydrogen-bond donors (Lipinski definition) is 2. The van der Waals surface area contributed by atoms with Gasteiger partial charge in [-0.25, -0.2) is 4.79 Å². The van der Waals surface area contributed by atoms with Crippen LogP contribution in [0.1, 0.15) is 31.2 Å². The van der Waals surface area contributed by atoms with Crippen LogP contribution in [0.5, 0.6) is 0 Å². The number of morpholine rings is 1. The third-order valence-corrected chi connectivity index (χ3v) is 6.91. The van der Waals surface area contributed by atoms with Crippen molar-refractivity contribution in [3.05, 3.63) is 54.1 Å². The van der Waals surface area contributed by atoms with Gasteiger partial charge in [0.1, 0.15) is 18.3 Å². The number of anilines is 1. The van der Waals surface area contributed by atoms with Crippen LogP contribution in [-0.2, 0) is 20.7 Å². The van der Waals surface area contributed by atoms with E-state index in [0.717, 1.165) is 29.5 Å². The summed E-state index contributed by atoms with van der Waals surface area (Å²) in [6, 6.07) is 16.3. The number of aryl methyl sites for hydroxylation is 1. The minimum Gasteiger partial charge on any atom is -0.481 e. The average molecular weight is 473 g/mol. The van der Waals surface area contributed by atoms with Crippen LogP contribution in [0.25, 0.3) is 11.1 Å². The summed E-state index contributed by atoms with van der Waals surface area (Å²) < 4.78 is 11.5. The molecule has 3 fully saturated rings. The molecule has 176 valence electrons. The van der Waals surface area contributed by atoms with Crippen molar-refractivity contribution >= 4 is 30.2 Å². The number of hydrogen-bond acceptors (Lipinski definition) is 5. The number of carboxylic acid groups (broad SMARTS) is 1. The van der Waals surface area contributed by atoms with Crippen LogP contribution < -0.4 is 5.32 Å². The van der Waals surface area contributed by atoms with E-state index in [-0.39, 0.29) is 24.9 Å². The summed E-state index contributed by atoms with van der Waals surface area (Å²) in [4.78, 5) is 26.0. The summed E-state index contributed by atoms with van der Waals surface area (Å²) in [6.07, 6.45) is 3.05. The van der Waals surface area contributed by atoms with Crippen LogP contribution >= 0.6 is 12.4 Å². The van der Waals surface area contributed by atoms with E-state index in [9.17, 15) is 9.59 Å². The number of ether oxygens (including phenoxy) is 2. The van der Waals surface area contributed by atoms with Crippen LogP contribution in [0.2, 0.25) is 0 Å². The van der Waals surface area contributed by atoms with Crippen molar-refractivity contribution in [3.63, 3.8) is 0 Å². The second kappa shape index (κ2) is 9.71. The molecule has 1 amide bonds. The molecule has 0 radical (unpaired) electrons. The van der Waals surface area contributed by atoms with Crippen LogP contribution in [0.3, 0.4) is 0 Å². The number of nitrogens with zero attached hydrogens (tertiary/aromatic N) is 1. The van der Waals surface area contributed by atoms with Crippen molar-refractivity contribution in [1.82, 2.24) is 4.90 Å². The summed E-state index contributed by atoms with van der Waals surface area (Å²) in [5.41, 5.74) is 3.60. The molecule has 0 spiro atoms. The number of likely N-dealkylation sites (N-methyl/N-ethyl adjacent to an activating group) is 1. The predicted molar refractivity (Wildman–Crippen MR) is 127 cm³/mol. The molecular formula is C25H29ClN2O5. The van der Waals surface area contributed by atoms with Gasteiger partial charge >= 0.3 is 12.1 Å². The van der Waals surface area contributed by atoms with Gasteiger partial charge < -0.3 is 14.6 Å². The molecule has 2 aromatic carbocycles. The maximum Gasteiger partial charge on any atom is 0.411 e. The van der Waals surface area contributed by atoms with E-state index in [1.807, 2.05) is 48.5 Å². The third kappa shape index (κ3) is 5.00. The van der Waals surface area contributed by atoms with E-state index in [2.05, 4.69) is 17.3 Å². The van der Waals surface area contributed by atoms with E-state index in [1.165, 1.54) is 0 Å². The highest BCUT2D eigenvalue weighted by Gasteiger charge is 2.62. The Morgan fingerprint density at radius 1 is 1.12 bits per heavy atom. The van der Waals surface area contributed by atoms with E-state index in [4.69, 9.17) is 14.6 Å². The predicted octanol–water partition coefficient (Wildman–Crippen LogP) is 4.34. The quantitative estimate of drug-likeness (QED) is 0.582. The molecule has 3 aliphatic rings. The molecule has 5 atom stereocenters. The Morgan fingerprint density at radius 3 is 2.48 bits per heavy atom. The molecule has 2 aromatic rings. The van der Waals surface area contributed by atoms with Crippen LogP contribution in [0, 0.1) is 0 Å². The summed E-state index contributed by atoms with van der Waals surface area (Å²) >= 11 is 0. The van der Waals surface area contributed by atoms with E-state index < -0.39 is 12.1 Å². The van der Waals surface area contributed by atoms with Gasteiger partial charge in [-0.3, -0.25) is 15.0 Å². The Balaban J connectivity index is 0.00000259. The zero-order valence-electron chi connectivity index (χ0n) is 18.5. The number of carboxylic acids is 1. The molecule has 1 unspecified atom stereocenters. The molecule has 8 heteroatoms. The molecule has 5 rings (SSSR count). The zero-order chi connectivity index (χ0) is 22.2. The van der Waals surface area contributed by atoms with Crippen LogP contribution in [-0.4, -0.2) is 59.5 Å². The third-order valence-electron chi connectivity index (χ3n) is 6.91. The van der Waals surface area contributed by atoms with Gasteiger partial charge in [-0.2, -0.15) is 0 Å². The lowest BCUT2D eigenvalue weighted by molar-refractivity contribution is -0.137. The summed E-state index contributed by atoms with van der Waals surface area (Å²) in [5.74, 6) is -0.791. The van der Waals surface area contributed by atoms with Gasteiger partial charge in [0.15, 0.2) is 0 Å². The lowest BCUT2D eigenvalue weighted by atomic mass is 9.98. The summed E-state index contributed by atoms with van der Waals surface area (Å²) in [6.45, 7) is 0. The first kappa shape index (κ1) is 23.5. The van der Waals surface area contributed by atoms with Gasteiger partial charge in [0.25, 0.3) is 0 Å². The van der Waals surface area contributed by atoms with E-state index >= 15 is 0 Å². The van der Waals surface area contributed by atoms with Crippen molar-refractivity contribution in [2.75, 3.05) is 12.4 Å². The highest BCUT2D eigenvalue weighted by Crippen LogP contribution is 2.48. The average Bonchev–Trinajstić information content (AvgIpc) is 3.53. The molecule has 0 aromatic heterocycles. The Labute approximate surface area is 199 Å². The first-order valence-corrected chi connectivity index (χ1v) is 11.2. The molecule has 3 saturated heterocycles. The molecule has 33 heavy (non-hydrogen) atoms. The number of amides is 1. The van der Waals surface area contributed by atoms with Crippen molar-refractivity contribution in [2.45, 2.75) is 62.5 Å². The van der Waals surface area contributed by atoms with Crippen molar-refractivity contribution in [1.29, 1.82) is 0 Å². The second-order valence-corrected chi connectivity index (χ2v) is 8.98. The lowest BCUT2D eigenvalue weighted by Gasteiger charge is -2.37. The SMILES string of the molecule is CN1[C@@H]2CC(OC(=O)Nc3ccc(CCCC(=O)O)cc3-c3ccccc3)C[C@H]1[C@@H]1O[C@@H]12.Cl. The number of carbonyl (C=O) groups excluding carboxylic acids is 1. The molecular weight excluding hydrogens is 444 g/mol. The largest absolute Gasteiger partial charge is 0.481 e. The van der Waals surface area contributed by atoms with Gasteiger partial charge in [-0.15, -0.1) is 12.4 Å². The maximum atomic E-state index is 12.8. The minimum absolute atomic E-state index is 0. The van der Waals surface area contributed by atoms with Gasteiger partial charge in [0, 0.05) is 36.9 Å². The number of nitrogens with one attached hydrogen (secondary N) is 1. The zero-order valence-corrected chi connectivity index (χ0v) is 19.3. The van der Waals surface area contributed by atoms with Gasteiger partial charge in [-0.05, 0) is 43.1 Å². The highest BCUT2D eigenvalue weighted by atomic mass is 35.5. The number of piperidine rings is 1. The number of fused-ring (bicyclic) bond motifs is 5. The number of epoxide rings is 1. The van der Waals surface area contributed by atoms with Crippen molar-refractivity contribution in [3.8, 4) is 11.1 Å². The number of aliphatic carboxylic acids is 1. The number of rotatable bonds is 7. The monoisotopic (exact) mass is 472 g/mol. The molecule has 0 saturated carbocycles. The Bertz CT molecular complexity index is 999. The fourth-order valence-electron chi connectivity index (χ4n) is 5.24. The lowest BCUT2D eigenvalue weighted by Crippen LogP contribution is -2.48. The topological polar surface area (TPSA) is 91.4 Å². The first-order chi connectivity index (χ1) is 15.5. The Morgan fingerprint density at radius 2 is 1.82 bits per heavy atom. The molecule has 2 N–H and O–H groups in total. The van der Waals surface area contributed by atoms with E-state index in [1.54, 1.807) is 0 Å². The molecule has 3 aliphatic heterocycles. The van der Waals surface area contributed by atoms with Crippen LogP contribution in [0.4, 0.5) is 10.5 Å². The Kier molecular flexibility index (Phi) is 6.93. The summed E-state index contributed by atoms with van der Waals surface area (Å²) in [5, 5.41) is 11.8. The fraction of sp³-hybridized carbons (Fsp3) is 0.440. The standard InChI is InChI=1S/C25H28N2O5.ClH/c1-27-20-13-17(14-21(27)24-23(20)32-24)31-25(30)26-19-11-10-15(6-5-9-22(28)29)12-18(19)16-7-3-2-4-8-16;/h2-4,7-8,10-12,17,20-21,23-24H,5-6,9,13-14H2,1H3,(H,26,30)(H,28,29);1H/t17?,20-,21+,23-,24+;. The molecule has 2 bridgehead atoms. The summed E-state index contributed by atoms with van der Waals surface area (Å²) in [7, 11) is 2.13. The maximum absolute atomic E-state index is 12.8. The number of halogens is 1. The highest BCUT2D eigenvalue weighted by molar-refractivity contribution is 5.91. The van der Waals surface area contributed by atoms with Gasteiger partial charge in [0.2, 0.25) is 0 Å². The van der Waals surface area contributed by atoms with E-state index in [0.29, 0.717) is 42.8 Å². The van der Waals surface area contributed by atoms with Crippen LogP contribution in [0.15, 0.2) is 48.5 Å². The fourth-order valence-corrected chi connectivity index (χ4v) is 5.24. The first-order valence-electron chi connectivity index (χ1n) is 11.2.